The number of nitrogens with one attached hydrogen (secondary N) is 1. The van der Waals surface area contributed by atoms with E-state index >= 15 is 0 Å². The molecule has 1 aromatic heterocycles. The monoisotopic (exact) mass is 332 g/mol. The molecule has 0 bridgehead atoms. The third kappa shape index (κ3) is 3.71. The van der Waals surface area contributed by atoms with E-state index in [0.717, 1.165) is 17.5 Å². The second-order valence-corrected chi connectivity index (χ2v) is 7.88. The van der Waals surface area contributed by atoms with Gasteiger partial charge in [0.25, 0.3) is 5.22 Å². The third-order valence-electron chi connectivity index (χ3n) is 4.96. The van der Waals surface area contributed by atoms with Crippen LogP contribution >= 0.6 is 11.8 Å². The number of oxazole rings is 1. The Labute approximate surface area is 141 Å². The fourth-order valence-corrected chi connectivity index (χ4v) is 3.96. The fourth-order valence-electron chi connectivity index (χ4n) is 3.19. The van der Waals surface area contributed by atoms with Crippen molar-refractivity contribution in [1.29, 1.82) is 0 Å². The molecule has 0 unspecified atom stereocenters. The summed E-state index contributed by atoms with van der Waals surface area (Å²) < 4.78 is 5.69. The van der Waals surface area contributed by atoms with Crippen LogP contribution in [-0.4, -0.2) is 22.2 Å². The molecule has 0 radical (unpaired) electrons. The van der Waals surface area contributed by atoms with Crippen LogP contribution in [0.5, 0.6) is 0 Å². The molecule has 1 aliphatic rings. The van der Waals surface area contributed by atoms with Gasteiger partial charge in [0.2, 0.25) is 5.91 Å². The van der Waals surface area contributed by atoms with Crippen molar-refractivity contribution in [3.8, 4) is 0 Å². The molecule has 1 saturated carbocycles. The lowest BCUT2D eigenvalue weighted by Crippen LogP contribution is -2.46. The molecule has 0 aliphatic heterocycles. The van der Waals surface area contributed by atoms with Gasteiger partial charge in [-0.25, -0.2) is 4.98 Å². The lowest BCUT2D eigenvalue weighted by atomic mass is 9.78. The lowest BCUT2D eigenvalue weighted by molar-refractivity contribution is -0.121. The number of benzene rings is 1. The summed E-state index contributed by atoms with van der Waals surface area (Å²) in [4.78, 5) is 16.9. The molecule has 23 heavy (non-hydrogen) atoms. The number of hydrogen-bond donors (Lipinski definition) is 1. The van der Waals surface area contributed by atoms with Crippen molar-refractivity contribution in [2.24, 2.45) is 11.8 Å². The molecule has 0 spiro atoms. The molecule has 5 heteroatoms. The van der Waals surface area contributed by atoms with E-state index in [4.69, 9.17) is 4.42 Å². The zero-order valence-electron chi connectivity index (χ0n) is 13.9. The van der Waals surface area contributed by atoms with E-state index in [1.165, 1.54) is 24.6 Å². The third-order valence-corrected chi connectivity index (χ3v) is 5.90. The van der Waals surface area contributed by atoms with E-state index in [9.17, 15) is 4.79 Å². The Hall–Kier alpha value is -1.49. The van der Waals surface area contributed by atoms with Crippen molar-refractivity contribution in [1.82, 2.24) is 10.3 Å². The summed E-state index contributed by atoms with van der Waals surface area (Å²) in [6.45, 7) is 6.43. The van der Waals surface area contributed by atoms with Crippen LogP contribution < -0.4 is 5.32 Å². The average Bonchev–Trinajstić information content (AvgIpc) is 2.93. The Balaban J connectivity index is 1.61. The molecule has 124 valence electrons. The zero-order valence-corrected chi connectivity index (χ0v) is 14.7. The first-order valence-corrected chi connectivity index (χ1v) is 9.25. The smallest absolute Gasteiger partial charge is 0.257 e. The summed E-state index contributed by atoms with van der Waals surface area (Å²) in [5, 5.41) is 3.56. The Morgan fingerprint density at radius 3 is 2.91 bits per heavy atom. The highest BCUT2D eigenvalue weighted by atomic mass is 32.2. The highest BCUT2D eigenvalue weighted by Crippen LogP contribution is 2.31. The molecule has 1 aromatic carbocycles. The normalized spacial score (nSPS) is 26.1. The first-order valence-electron chi connectivity index (χ1n) is 8.37. The van der Waals surface area contributed by atoms with Crippen LogP contribution in [0.25, 0.3) is 11.1 Å². The number of nitrogens with zero attached hydrogens (tertiary/aromatic N) is 1. The van der Waals surface area contributed by atoms with E-state index in [1.807, 2.05) is 31.2 Å². The van der Waals surface area contributed by atoms with Gasteiger partial charge in [-0.2, -0.15) is 0 Å². The highest BCUT2D eigenvalue weighted by Gasteiger charge is 2.29. The number of carbonyl (C=O) groups excluding carboxylic acids is 1. The molecule has 1 aliphatic carbocycles. The molecule has 1 heterocycles. The van der Waals surface area contributed by atoms with Crippen LogP contribution in [0.3, 0.4) is 0 Å². The largest absolute Gasteiger partial charge is 0.431 e. The summed E-state index contributed by atoms with van der Waals surface area (Å²) in [5.41, 5.74) is 1.59. The summed E-state index contributed by atoms with van der Waals surface area (Å²) in [6.07, 6.45) is 3.54. The minimum atomic E-state index is -0.215. The molecule has 3 rings (SSSR count). The quantitative estimate of drug-likeness (QED) is 0.851. The van der Waals surface area contributed by atoms with Crippen LogP contribution in [0, 0.1) is 11.8 Å². The number of fused-ring (bicyclic) bond motifs is 1. The minimum Gasteiger partial charge on any atom is -0.431 e. The highest BCUT2D eigenvalue weighted by molar-refractivity contribution is 8.00. The molecule has 1 amide bonds. The first-order chi connectivity index (χ1) is 11.0. The second-order valence-electron chi connectivity index (χ2n) is 6.59. The van der Waals surface area contributed by atoms with Gasteiger partial charge in [-0.1, -0.05) is 50.6 Å². The molecular formula is C18H24N2O2S. The van der Waals surface area contributed by atoms with Gasteiger partial charge in [-0.05, 0) is 37.3 Å². The Morgan fingerprint density at radius 1 is 1.35 bits per heavy atom. The van der Waals surface area contributed by atoms with E-state index < -0.39 is 0 Å². The maximum Gasteiger partial charge on any atom is 0.257 e. The predicted molar refractivity (Wildman–Crippen MR) is 93.4 cm³/mol. The van der Waals surface area contributed by atoms with Crippen LogP contribution in [0.2, 0.25) is 0 Å². The van der Waals surface area contributed by atoms with Crippen molar-refractivity contribution in [3.05, 3.63) is 24.3 Å². The predicted octanol–water partition coefficient (Wildman–Crippen LogP) is 4.25. The standard InChI is InChI=1S/C18H24N2O2S/c1-11-7-6-9-14(12(11)2)19-17(21)13(3)23-18-20-15-8-4-5-10-16(15)22-18/h4-5,8,10-14H,6-7,9H2,1-3H3,(H,19,21)/t11-,12+,13+,14-/m0/s1. The van der Waals surface area contributed by atoms with Crippen molar-refractivity contribution in [2.45, 2.75) is 56.5 Å². The Morgan fingerprint density at radius 2 is 2.13 bits per heavy atom. The van der Waals surface area contributed by atoms with Crippen LogP contribution in [-0.2, 0) is 4.79 Å². The van der Waals surface area contributed by atoms with E-state index in [1.54, 1.807) is 0 Å². The number of aromatic nitrogens is 1. The number of hydrogen-bond acceptors (Lipinski definition) is 4. The van der Waals surface area contributed by atoms with Gasteiger partial charge in [0.15, 0.2) is 5.58 Å². The topological polar surface area (TPSA) is 55.1 Å². The molecule has 1 N–H and O–H groups in total. The molecular weight excluding hydrogens is 308 g/mol. The van der Waals surface area contributed by atoms with Crippen molar-refractivity contribution in [2.75, 3.05) is 0 Å². The Kier molecular flexibility index (Phi) is 4.95. The van der Waals surface area contributed by atoms with Crippen molar-refractivity contribution < 1.29 is 9.21 Å². The minimum absolute atomic E-state index is 0.0724. The number of para-hydroxylation sites is 2. The second kappa shape index (κ2) is 6.95. The maximum atomic E-state index is 12.5. The number of rotatable bonds is 4. The van der Waals surface area contributed by atoms with Gasteiger partial charge in [0.05, 0.1) is 5.25 Å². The SMILES string of the molecule is C[C@H]1[C@@H](NC(=O)[C@@H](C)Sc2nc3ccccc3o2)CCC[C@@H]1C. The fraction of sp³-hybridized carbons (Fsp3) is 0.556. The molecule has 4 nitrogen and oxygen atoms in total. The number of thioether (sulfide) groups is 1. The zero-order chi connectivity index (χ0) is 16.4. The van der Waals surface area contributed by atoms with Gasteiger partial charge in [-0.3, -0.25) is 4.79 Å². The molecule has 4 atom stereocenters. The maximum absolute atomic E-state index is 12.5. The molecule has 0 saturated heterocycles. The summed E-state index contributed by atoms with van der Waals surface area (Å²) >= 11 is 1.38. The van der Waals surface area contributed by atoms with Crippen molar-refractivity contribution in [3.63, 3.8) is 0 Å². The van der Waals surface area contributed by atoms with Gasteiger partial charge in [0, 0.05) is 6.04 Å². The van der Waals surface area contributed by atoms with E-state index in [2.05, 4.69) is 24.1 Å². The van der Waals surface area contributed by atoms with Gasteiger partial charge < -0.3 is 9.73 Å². The number of amides is 1. The summed E-state index contributed by atoms with van der Waals surface area (Å²) in [5.74, 6) is 1.28. The van der Waals surface area contributed by atoms with E-state index in [0.29, 0.717) is 17.1 Å². The van der Waals surface area contributed by atoms with E-state index in [-0.39, 0.29) is 17.2 Å². The van der Waals surface area contributed by atoms with Crippen molar-refractivity contribution >= 4 is 28.8 Å². The average molecular weight is 332 g/mol. The Bertz CT molecular complexity index is 651. The molecule has 2 aromatic rings. The van der Waals surface area contributed by atoms with Crippen LogP contribution in [0.1, 0.15) is 40.0 Å². The van der Waals surface area contributed by atoms with Gasteiger partial charge >= 0.3 is 0 Å². The molecule has 1 fully saturated rings. The number of carbonyl (C=O) groups is 1. The lowest BCUT2D eigenvalue weighted by Gasteiger charge is -2.35. The first kappa shape index (κ1) is 16.4. The van der Waals surface area contributed by atoms with Crippen LogP contribution in [0.15, 0.2) is 33.9 Å². The van der Waals surface area contributed by atoms with Gasteiger partial charge in [0.1, 0.15) is 5.52 Å². The van der Waals surface area contributed by atoms with Gasteiger partial charge in [-0.15, -0.1) is 0 Å². The summed E-state index contributed by atoms with van der Waals surface area (Å²) in [7, 11) is 0. The summed E-state index contributed by atoms with van der Waals surface area (Å²) in [6, 6.07) is 7.95. The van der Waals surface area contributed by atoms with Crippen LogP contribution in [0.4, 0.5) is 0 Å².